The Morgan fingerprint density at radius 1 is 1.50 bits per heavy atom. The van der Waals surface area contributed by atoms with Crippen molar-refractivity contribution in [3.05, 3.63) is 46.1 Å². The van der Waals surface area contributed by atoms with E-state index in [2.05, 4.69) is 35.2 Å². The van der Waals surface area contributed by atoms with Crippen molar-refractivity contribution < 1.29 is 0 Å². The Morgan fingerprint density at radius 2 is 2.17 bits per heavy atom. The van der Waals surface area contributed by atoms with Crippen LogP contribution in [0.5, 0.6) is 0 Å². The third-order valence-electron chi connectivity index (χ3n) is 1.49. The molecule has 1 nitrogen and oxygen atoms in total. The molecule has 1 rings (SSSR count). The Morgan fingerprint density at radius 3 is 2.67 bits per heavy atom. The minimum Gasteiger partial charge on any atom is -0.321 e. The Hall–Kier alpha value is -0.0600. The number of hydrogen-bond acceptors (Lipinski definition) is 1. The molecule has 0 unspecified atom stereocenters. The molecule has 0 fully saturated rings. The van der Waals surface area contributed by atoms with Crippen LogP contribution < -0.4 is 5.73 Å². The molecule has 0 heterocycles. The van der Waals surface area contributed by atoms with Crippen molar-refractivity contribution in [1.29, 1.82) is 0 Å². The number of rotatable bonds is 2. The van der Waals surface area contributed by atoms with Gasteiger partial charge in [-0.05, 0) is 40.3 Å². The van der Waals surface area contributed by atoms with Gasteiger partial charge in [0.2, 0.25) is 0 Å². The second-order valence-corrected chi connectivity index (χ2v) is 3.56. The van der Waals surface area contributed by atoms with Crippen LogP contribution in [0.4, 0.5) is 0 Å². The summed E-state index contributed by atoms with van der Waals surface area (Å²) in [4.78, 5) is 0. The minimum absolute atomic E-state index is 0. The molecule has 3 heteroatoms. The molecule has 1 atom stereocenters. The largest absolute Gasteiger partial charge is 0.321 e. The van der Waals surface area contributed by atoms with E-state index in [1.54, 1.807) is 6.08 Å². The van der Waals surface area contributed by atoms with E-state index in [4.69, 9.17) is 5.73 Å². The second kappa shape index (κ2) is 5.56. The van der Waals surface area contributed by atoms with E-state index >= 15 is 0 Å². The number of benzene rings is 1. The smallest absolute Gasteiger partial charge is 0.0478 e. The standard InChI is InChI=1S/C9H10IN.ClH/c1-2-9(11)7-4-3-5-8(10)6-7;/h2-6,9H,1,11H2;1H/t9-;/m0./s1. The van der Waals surface area contributed by atoms with Crippen LogP contribution in [0, 0.1) is 3.57 Å². The lowest BCUT2D eigenvalue weighted by Crippen LogP contribution is -2.06. The normalized spacial score (nSPS) is 11.5. The van der Waals surface area contributed by atoms with E-state index in [1.165, 1.54) is 3.57 Å². The van der Waals surface area contributed by atoms with Crippen LogP contribution in [-0.4, -0.2) is 0 Å². The first-order valence-electron chi connectivity index (χ1n) is 3.37. The topological polar surface area (TPSA) is 26.0 Å². The predicted octanol–water partition coefficient (Wildman–Crippen LogP) is 2.90. The van der Waals surface area contributed by atoms with Gasteiger partial charge >= 0.3 is 0 Å². The lowest BCUT2D eigenvalue weighted by molar-refractivity contribution is 0.913. The molecule has 12 heavy (non-hydrogen) atoms. The molecule has 0 aromatic heterocycles. The maximum absolute atomic E-state index is 5.74. The summed E-state index contributed by atoms with van der Waals surface area (Å²) in [6.45, 7) is 3.64. The van der Waals surface area contributed by atoms with Crippen molar-refractivity contribution in [2.24, 2.45) is 5.73 Å². The summed E-state index contributed by atoms with van der Waals surface area (Å²) in [5, 5.41) is 0. The Kier molecular flexibility index (Phi) is 5.53. The van der Waals surface area contributed by atoms with Crippen LogP contribution in [0.1, 0.15) is 11.6 Å². The zero-order valence-corrected chi connectivity index (χ0v) is 9.51. The summed E-state index contributed by atoms with van der Waals surface area (Å²) in [6.07, 6.45) is 1.74. The lowest BCUT2D eigenvalue weighted by Gasteiger charge is -2.05. The van der Waals surface area contributed by atoms with Gasteiger partial charge in [0.25, 0.3) is 0 Å². The van der Waals surface area contributed by atoms with Crippen LogP contribution in [-0.2, 0) is 0 Å². The molecule has 1 aromatic rings. The zero-order valence-electron chi connectivity index (χ0n) is 6.53. The molecule has 1 aromatic carbocycles. The van der Waals surface area contributed by atoms with Gasteiger partial charge in [-0.15, -0.1) is 19.0 Å². The molecule has 0 bridgehead atoms. The van der Waals surface area contributed by atoms with E-state index in [0.717, 1.165) is 5.56 Å². The van der Waals surface area contributed by atoms with Gasteiger partial charge in [-0.3, -0.25) is 0 Å². The fourth-order valence-electron chi connectivity index (χ4n) is 0.850. The fraction of sp³-hybridized carbons (Fsp3) is 0.111. The van der Waals surface area contributed by atoms with Gasteiger partial charge in [-0.25, -0.2) is 0 Å². The van der Waals surface area contributed by atoms with E-state index in [-0.39, 0.29) is 18.4 Å². The van der Waals surface area contributed by atoms with E-state index in [9.17, 15) is 0 Å². The molecular weight excluding hydrogens is 284 g/mol. The average molecular weight is 296 g/mol. The molecule has 0 saturated carbocycles. The molecule has 0 aliphatic heterocycles. The Bertz CT molecular complexity index is 262. The third kappa shape index (κ3) is 3.13. The maximum atomic E-state index is 5.74. The van der Waals surface area contributed by atoms with Crippen molar-refractivity contribution in [3.8, 4) is 0 Å². The summed E-state index contributed by atoms with van der Waals surface area (Å²) in [5.74, 6) is 0. The molecule has 0 radical (unpaired) electrons. The minimum atomic E-state index is -0.0373. The van der Waals surface area contributed by atoms with E-state index in [1.807, 2.05) is 18.2 Å². The third-order valence-corrected chi connectivity index (χ3v) is 2.16. The summed E-state index contributed by atoms with van der Waals surface area (Å²) in [6, 6.07) is 8.08. The van der Waals surface area contributed by atoms with Crippen molar-refractivity contribution in [2.45, 2.75) is 6.04 Å². The van der Waals surface area contributed by atoms with Crippen molar-refractivity contribution in [3.63, 3.8) is 0 Å². The molecule has 66 valence electrons. The van der Waals surface area contributed by atoms with Crippen LogP contribution in [0.2, 0.25) is 0 Å². The van der Waals surface area contributed by atoms with E-state index in [0.29, 0.717) is 0 Å². The van der Waals surface area contributed by atoms with Gasteiger partial charge in [0.05, 0.1) is 0 Å². The Labute approximate surface area is 92.6 Å². The predicted molar refractivity (Wildman–Crippen MR) is 63.5 cm³/mol. The summed E-state index contributed by atoms with van der Waals surface area (Å²) in [5.41, 5.74) is 6.86. The van der Waals surface area contributed by atoms with Crippen molar-refractivity contribution >= 4 is 35.0 Å². The highest BCUT2D eigenvalue weighted by Gasteiger charge is 1.99. The first kappa shape index (κ1) is 11.9. The lowest BCUT2D eigenvalue weighted by atomic mass is 10.1. The molecule has 0 aliphatic carbocycles. The molecule has 0 amide bonds. The molecule has 2 N–H and O–H groups in total. The molecular formula is C9H11ClIN. The van der Waals surface area contributed by atoms with E-state index < -0.39 is 0 Å². The monoisotopic (exact) mass is 295 g/mol. The molecule has 0 spiro atoms. The van der Waals surface area contributed by atoms with Gasteiger partial charge in [0.1, 0.15) is 0 Å². The van der Waals surface area contributed by atoms with Crippen molar-refractivity contribution in [1.82, 2.24) is 0 Å². The molecule has 0 saturated heterocycles. The highest BCUT2D eigenvalue weighted by molar-refractivity contribution is 14.1. The Balaban J connectivity index is 0.00000121. The average Bonchev–Trinajstić information content (AvgIpc) is 2.03. The quantitative estimate of drug-likeness (QED) is 0.659. The van der Waals surface area contributed by atoms with Crippen LogP contribution in [0.15, 0.2) is 36.9 Å². The zero-order chi connectivity index (χ0) is 8.27. The number of hydrogen-bond donors (Lipinski definition) is 1. The van der Waals surface area contributed by atoms with Crippen LogP contribution in [0.25, 0.3) is 0 Å². The van der Waals surface area contributed by atoms with Gasteiger partial charge in [0.15, 0.2) is 0 Å². The summed E-state index contributed by atoms with van der Waals surface area (Å²) in [7, 11) is 0. The maximum Gasteiger partial charge on any atom is 0.0478 e. The van der Waals surface area contributed by atoms with Gasteiger partial charge in [-0.1, -0.05) is 18.2 Å². The number of halogens is 2. The van der Waals surface area contributed by atoms with Gasteiger partial charge in [-0.2, -0.15) is 0 Å². The highest BCUT2D eigenvalue weighted by atomic mass is 127. The van der Waals surface area contributed by atoms with Crippen LogP contribution in [0.3, 0.4) is 0 Å². The number of nitrogens with two attached hydrogens (primary N) is 1. The van der Waals surface area contributed by atoms with Gasteiger partial charge in [0, 0.05) is 9.61 Å². The SMILES string of the molecule is C=C[C@H](N)c1cccc(I)c1.Cl. The van der Waals surface area contributed by atoms with Crippen molar-refractivity contribution in [2.75, 3.05) is 0 Å². The van der Waals surface area contributed by atoms with Gasteiger partial charge < -0.3 is 5.73 Å². The second-order valence-electron chi connectivity index (χ2n) is 2.32. The first-order chi connectivity index (χ1) is 5.24. The summed E-state index contributed by atoms with van der Waals surface area (Å²) >= 11 is 2.27. The molecule has 0 aliphatic rings. The highest BCUT2D eigenvalue weighted by Crippen LogP contribution is 2.13. The fourth-order valence-corrected chi connectivity index (χ4v) is 1.42. The first-order valence-corrected chi connectivity index (χ1v) is 4.45. The van der Waals surface area contributed by atoms with Crippen LogP contribution >= 0.6 is 35.0 Å². The summed E-state index contributed by atoms with van der Waals surface area (Å²) < 4.78 is 1.21.